The maximum Gasteiger partial charge on any atom is 0.239 e. The zero-order chi connectivity index (χ0) is 23.1. The molecule has 1 aliphatic rings. The molecule has 1 saturated heterocycles. The highest BCUT2D eigenvalue weighted by Gasteiger charge is 2.21. The average Bonchev–Trinajstić information content (AvgIpc) is 2.82. The number of methoxy groups -OCH3 is 1. The molecular formula is C25H33N3O4. The van der Waals surface area contributed by atoms with Crippen molar-refractivity contribution < 1.29 is 19.4 Å². The number of para-hydroxylation sites is 1. The Bertz CT molecular complexity index is 919. The third-order valence-corrected chi connectivity index (χ3v) is 6.04. The molecule has 7 heteroatoms. The Morgan fingerprint density at radius 1 is 1.12 bits per heavy atom. The zero-order valence-electron chi connectivity index (χ0n) is 19.1. The summed E-state index contributed by atoms with van der Waals surface area (Å²) in [4.78, 5) is 27.5. The third kappa shape index (κ3) is 6.01. The second kappa shape index (κ2) is 11.0. The number of piperidine rings is 1. The van der Waals surface area contributed by atoms with Gasteiger partial charge in [0, 0.05) is 18.2 Å². The number of hydrogen-bond acceptors (Lipinski definition) is 6. The molecule has 0 bridgehead atoms. The minimum Gasteiger partial charge on any atom is -0.505 e. The van der Waals surface area contributed by atoms with E-state index < -0.39 is 0 Å². The van der Waals surface area contributed by atoms with Gasteiger partial charge in [-0.05, 0) is 82.1 Å². The zero-order valence-corrected chi connectivity index (χ0v) is 19.1. The predicted octanol–water partition coefficient (Wildman–Crippen LogP) is 3.28. The van der Waals surface area contributed by atoms with Crippen LogP contribution in [0.25, 0.3) is 0 Å². The van der Waals surface area contributed by atoms with Crippen LogP contribution in [0.15, 0.2) is 42.5 Å². The lowest BCUT2D eigenvalue weighted by atomic mass is 9.96. The van der Waals surface area contributed by atoms with E-state index in [1.165, 1.54) is 0 Å². The normalized spacial score (nSPS) is 14.9. The first-order valence-corrected chi connectivity index (χ1v) is 11.1. The molecule has 3 rings (SSSR count). The van der Waals surface area contributed by atoms with Crippen LogP contribution in [0, 0.1) is 5.92 Å². The molecule has 0 spiro atoms. The van der Waals surface area contributed by atoms with Crippen molar-refractivity contribution in [2.24, 2.45) is 5.92 Å². The van der Waals surface area contributed by atoms with Crippen molar-refractivity contribution in [3.8, 4) is 11.5 Å². The molecular weight excluding hydrogens is 406 g/mol. The minimum atomic E-state index is -0.300. The number of aromatic hydroxyl groups is 1. The molecule has 1 heterocycles. The molecule has 3 N–H and O–H groups in total. The summed E-state index contributed by atoms with van der Waals surface area (Å²) in [7, 11) is 1.56. The number of hydrogen-bond donors (Lipinski definition) is 3. The molecule has 2 aromatic rings. The number of amides is 1. The summed E-state index contributed by atoms with van der Waals surface area (Å²) in [5, 5.41) is 16.5. The number of carbonyl (C=O) groups is 2. The van der Waals surface area contributed by atoms with Crippen LogP contribution in [-0.4, -0.2) is 61.0 Å². The standard InChI is InChI=1S/C25H33N3O4/c1-17(2)28-13-11-18(12-14-28)15-27-23(29)16-26-22-6-4-5-21(25(22)31)24(30)19-7-9-20(32-3)10-8-19/h4-10,17-18,26,31H,11-16H2,1-3H3,(H,27,29). The molecule has 0 unspecified atom stereocenters. The van der Waals surface area contributed by atoms with E-state index in [1.54, 1.807) is 49.6 Å². The number of phenols is 1. The summed E-state index contributed by atoms with van der Waals surface area (Å²) in [6, 6.07) is 12.2. The number of likely N-dealkylation sites (tertiary alicyclic amines) is 1. The van der Waals surface area contributed by atoms with Crippen molar-refractivity contribution in [3.05, 3.63) is 53.6 Å². The van der Waals surface area contributed by atoms with E-state index in [1.807, 2.05) is 0 Å². The summed E-state index contributed by atoms with van der Waals surface area (Å²) in [5.74, 6) is 0.543. The molecule has 32 heavy (non-hydrogen) atoms. The van der Waals surface area contributed by atoms with Gasteiger partial charge in [0.15, 0.2) is 5.78 Å². The smallest absolute Gasteiger partial charge is 0.239 e. The Kier molecular flexibility index (Phi) is 8.11. The predicted molar refractivity (Wildman–Crippen MR) is 125 cm³/mol. The molecule has 1 fully saturated rings. The lowest BCUT2D eigenvalue weighted by Gasteiger charge is -2.34. The lowest BCUT2D eigenvalue weighted by molar-refractivity contribution is -0.119. The number of rotatable bonds is 9. The SMILES string of the molecule is COc1ccc(C(=O)c2cccc(NCC(=O)NCC3CCN(C(C)C)CC3)c2O)cc1. The monoisotopic (exact) mass is 439 g/mol. The fourth-order valence-corrected chi connectivity index (χ4v) is 3.94. The van der Waals surface area contributed by atoms with Crippen molar-refractivity contribution in [1.82, 2.24) is 10.2 Å². The van der Waals surface area contributed by atoms with Crippen molar-refractivity contribution in [2.75, 3.05) is 38.6 Å². The van der Waals surface area contributed by atoms with Crippen molar-refractivity contribution in [2.45, 2.75) is 32.7 Å². The maximum absolute atomic E-state index is 12.8. The summed E-state index contributed by atoms with van der Waals surface area (Å²) >= 11 is 0. The number of anilines is 1. The van der Waals surface area contributed by atoms with E-state index in [2.05, 4.69) is 29.4 Å². The summed E-state index contributed by atoms with van der Waals surface area (Å²) in [6.07, 6.45) is 2.17. The van der Waals surface area contributed by atoms with Crippen LogP contribution in [0.2, 0.25) is 0 Å². The van der Waals surface area contributed by atoms with Gasteiger partial charge in [0.2, 0.25) is 5.91 Å². The molecule has 1 amide bonds. The number of nitrogens with one attached hydrogen (secondary N) is 2. The number of ketones is 1. The van der Waals surface area contributed by atoms with E-state index in [-0.39, 0.29) is 29.5 Å². The topological polar surface area (TPSA) is 90.9 Å². The van der Waals surface area contributed by atoms with Gasteiger partial charge in [0.05, 0.1) is 24.9 Å². The Labute approximate surface area is 189 Å². The third-order valence-electron chi connectivity index (χ3n) is 6.04. The van der Waals surface area contributed by atoms with Gasteiger partial charge in [-0.25, -0.2) is 0 Å². The van der Waals surface area contributed by atoms with Crippen LogP contribution in [0.3, 0.4) is 0 Å². The van der Waals surface area contributed by atoms with Crippen LogP contribution in [0.1, 0.15) is 42.6 Å². The van der Waals surface area contributed by atoms with Crippen LogP contribution >= 0.6 is 0 Å². The van der Waals surface area contributed by atoms with Gasteiger partial charge in [-0.15, -0.1) is 0 Å². The first kappa shape index (κ1) is 23.6. The van der Waals surface area contributed by atoms with Crippen LogP contribution < -0.4 is 15.4 Å². The van der Waals surface area contributed by atoms with Gasteiger partial charge in [0.1, 0.15) is 11.5 Å². The largest absolute Gasteiger partial charge is 0.505 e. The van der Waals surface area contributed by atoms with Gasteiger partial charge in [0.25, 0.3) is 0 Å². The van der Waals surface area contributed by atoms with E-state index in [0.717, 1.165) is 25.9 Å². The average molecular weight is 440 g/mol. The fraction of sp³-hybridized carbons (Fsp3) is 0.440. The molecule has 0 atom stereocenters. The van der Waals surface area contributed by atoms with Gasteiger partial charge >= 0.3 is 0 Å². The van der Waals surface area contributed by atoms with Crippen LogP contribution in [0.4, 0.5) is 5.69 Å². The summed E-state index contributed by atoms with van der Waals surface area (Å²) in [6.45, 7) is 7.25. The molecule has 0 saturated carbocycles. The van der Waals surface area contributed by atoms with Crippen LogP contribution in [0.5, 0.6) is 11.5 Å². The molecule has 7 nitrogen and oxygen atoms in total. The number of carbonyl (C=O) groups excluding carboxylic acids is 2. The van der Waals surface area contributed by atoms with Crippen molar-refractivity contribution >= 4 is 17.4 Å². The molecule has 0 aromatic heterocycles. The van der Waals surface area contributed by atoms with Gasteiger partial charge in [-0.3, -0.25) is 9.59 Å². The molecule has 0 aliphatic carbocycles. The second-order valence-corrected chi connectivity index (χ2v) is 8.49. The summed E-state index contributed by atoms with van der Waals surface area (Å²) < 4.78 is 5.11. The number of benzene rings is 2. The van der Waals surface area contributed by atoms with E-state index in [9.17, 15) is 14.7 Å². The number of phenolic OH excluding ortho intramolecular Hbond substituents is 1. The minimum absolute atomic E-state index is 0.0264. The van der Waals surface area contributed by atoms with Gasteiger partial charge in [-0.1, -0.05) is 6.07 Å². The Morgan fingerprint density at radius 3 is 2.44 bits per heavy atom. The van der Waals surface area contributed by atoms with Crippen molar-refractivity contribution in [3.63, 3.8) is 0 Å². The van der Waals surface area contributed by atoms with E-state index in [0.29, 0.717) is 35.5 Å². The molecule has 1 aliphatic heterocycles. The molecule has 0 radical (unpaired) electrons. The Balaban J connectivity index is 1.52. The fourth-order valence-electron chi connectivity index (χ4n) is 3.94. The highest BCUT2D eigenvalue weighted by atomic mass is 16.5. The Hall–Kier alpha value is -3.06. The van der Waals surface area contributed by atoms with Crippen LogP contribution in [-0.2, 0) is 4.79 Å². The lowest BCUT2D eigenvalue weighted by Crippen LogP contribution is -2.42. The maximum atomic E-state index is 12.8. The highest BCUT2D eigenvalue weighted by molar-refractivity contribution is 6.11. The highest BCUT2D eigenvalue weighted by Crippen LogP contribution is 2.29. The van der Waals surface area contributed by atoms with Gasteiger partial charge in [-0.2, -0.15) is 0 Å². The second-order valence-electron chi connectivity index (χ2n) is 8.49. The van der Waals surface area contributed by atoms with E-state index >= 15 is 0 Å². The van der Waals surface area contributed by atoms with E-state index in [4.69, 9.17) is 4.74 Å². The van der Waals surface area contributed by atoms with Crippen molar-refractivity contribution in [1.29, 1.82) is 0 Å². The Morgan fingerprint density at radius 2 is 1.81 bits per heavy atom. The van der Waals surface area contributed by atoms with Gasteiger partial charge < -0.3 is 25.4 Å². The first-order valence-electron chi connectivity index (χ1n) is 11.1. The first-order chi connectivity index (χ1) is 15.4. The molecule has 172 valence electrons. The number of nitrogens with zero attached hydrogens (tertiary/aromatic N) is 1. The molecule has 2 aromatic carbocycles. The number of ether oxygens (including phenoxy) is 1. The summed E-state index contributed by atoms with van der Waals surface area (Å²) in [5.41, 5.74) is 0.974. The quantitative estimate of drug-likeness (QED) is 0.410.